The molecule has 0 amide bonds. The maximum Gasteiger partial charge on any atom is 0.167 e. The van der Waals surface area contributed by atoms with Gasteiger partial charge < -0.3 is 10.2 Å². The molecule has 2 aromatic rings. The monoisotopic (exact) mass is 228 g/mol. The van der Waals surface area contributed by atoms with Crippen LogP contribution in [-0.2, 0) is 6.42 Å². The Kier molecular flexibility index (Phi) is 1.93. The first-order chi connectivity index (χ1) is 8.11. The van der Waals surface area contributed by atoms with Gasteiger partial charge in [0, 0.05) is 6.42 Å². The van der Waals surface area contributed by atoms with Crippen LogP contribution in [-0.4, -0.2) is 16.0 Å². The predicted octanol–water partition coefficient (Wildman–Crippen LogP) is 2.69. The van der Waals surface area contributed by atoms with Gasteiger partial charge in [0.15, 0.2) is 5.78 Å². The summed E-state index contributed by atoms with van der Waals surface area (Å²) in [5.74, 6) is -0.0856. The van der Waals surface area contributed by atoms with Gasteiger partial charge in [-0.2, -0.15) is 0 Å². The minimum atomic E-state index is -0.0683. The Morgan fingerprint density at radius 1 is 1.18 bits per heavy atom. The van der Waals surface area contributed by atoms with Gasteiger partial charge in [-0.1, -0.05) is 12.1 Å². The Morgan fingerprint density at radius 2 is 1.94 bits per heavy atom. The highest BCUT2D eigenvalue weighted by Gasteiger charge is 2.28. The topological polar surface area (TPSA) is 57.5 Å². The molecule has 3 heteroatoms. The lowest BCUT2D eigenvalue weighted by Crippen LogP contribution is -1.95. The summed E-state index contributed by atoms with van der Waals surface area (Å²) in [6.07, 6.45) is 1.12. The van der Waals surface area contributed by atoms with Gasteiger partial charge in [-0.15, -0.1) is 0 Å². The van der Waals surface area contributed by atoms with Crippen molar-refractivity contribution in [1.29, 1.82) is 0 Å². The highest BCUT2D eigenvalue weighted by molar-refractivity contribution is 6.10. The Labute approximate surface area is 98.3 Å². The Hall–Kier alpha value is -2.03. The highest BCUT2D eigenvalue weighted by atomic mass is 16.3. The summed E-state index contributed by atoms with van der Waals surface area (Å²) < 4.78 is 0. The molecular formula is C14H12O3. The predicted molar refractivity (Wildman–Crippen MR) is 64.7 cm³/mol. The number of rotatable bonds is 0. The zero-order chi connectivity index (χ0) is 12.2. The maximum atomic E-state index is 11.8. The number of hydrogen-bond acceptors (Lipinski definition) is 3. The molecule has 0 atom stereocenters. The quantitative estimate of drug-likeness (QED) is 0.728. The third kappa shape index (κ3) is 1.19. The van der Waals surface area contributed by atoms with E-state index in [0.717, 1.165) is 16.5 Å². The highest BCUT2D eigenvalue weighted by Crippen LogP contribution is 2.43. The van der Waals surface area contributed by atoms with Gasteiger partial charge in [0.25, 0.3) is 0 Å². The van der Waals surface area contributed by atoms with E-state index in [1.54, 1.807) is 6.07 Å². The van der Waals surface area contributed by atoms with Crippen LogP contribution in [0.1, 0.15) is 27.9 Å². The van der Waals surface area contributed by atoms with Gasteiger partial charge in [-0.25, -0.2) is 0 Å². The zero-order valence-corrected chi connectivity index (χ0v) is 9.45. The summed E-state index contributed by atoms with van der Waals surface area (Å²) in [5, 5.41) is 21.2. The standard InChI is InChI=1S/C14H12O3/c1-7-8-3-2-4-10(15)12(8)14(17)13-9(7)5-6-11(13)16/h2-4,15,17H,5-6H2,1H3. The van der Waals surface area contributed by atoms with Crippen molar-refractivity contribution in [2.45, 2.75) is 19.8 Å². The van der Waals surface area contributed by atoms with Crippen molar-refractivity contribution < 1.29 is 15.0 Å². The number of benzene rings is 2. The number of Topliss-reactive ketones (excluding diaryl/α,β-unsaturated/α-hetero) is 1. The molecule has 0 aromatic heterocycles. The molecule has 0 aliphatic heterocycles. The summed E-state index contributed by atoms with van der Waals surface area (Å²) in [5.41, 5.74) is 2.30. The molecule has 3 nitrogen and oxygen atoms in total. The van der Waals surface area contributed by atoms with E-state index >= 15 is 0 Å². The number of ketones is 1. The molecule has 0 fully saturated rings. The molecule has 86 valence electrons. The third-order valence-electron chi connectivity index (χ3n) is 3.56. The largest absolute Gasteiger partial charge is 0.507 e. The van der Waals surface area contributed by atoms with Crippen LogP contribution >= 0.6 is 0 Å². The molecule has 0 saturated carbocycles. The lowest BCUT2D eigenvalue weighted by molar-refractivity contribution is 0.0992. The number of carbonyl (C=O) groups is 1. The van der Waals surface area contributed by atoms with Crippen LogP contribution in [0.15, 0.2) is 18.2 Å². The van der Waals surface area contributed by atoms with E-state index in [2.05, 4.69) is 0 Å². The summed E-state index contributed by atoms with van der Waals surface area (Å²) in [4.78, 5) is 11.8. The number of carbonyl (C=O) groups excluding carboxylic acids is 1. The van der Waals surface area contributed by atoms with Crippen molar-refractivity contribution in [1.82, 2.24) is 0 Å². The minimum Gasteiger partial charge on any atom is -0.507 e. The molecule has 17 heavy (non-hydrogen) atoms. The van der Waals surface area contributed by atoms with Crippen LogP contribution in [0.2, 0.25) is 0 Å². The first-order valence-electron chi connectivity index (χ1n) is 5.60. The maximum absolute atomic E-state index is 11.8. The van der Waals surface area contributed by atoms with Crippen LogP contribution in [0.25, 0.3) is 10.8 Å². The van der Waals surface area contributed by atoms with Crippen molar-refractivity contribution in [3.63, 3.8) is 0 Å². The molecule has 0 unspecified atom stereocenters. The van der Waals surface area contributed by atoms with Gasteiger partial charge in [0.05, 0.1) is 10.9 Å². The van der Waals surface area contributed by atoms with Gasteiger partial charge in [0.2, 0.25) is 0 Å². The van der Waals surface area contributed by atoms with Crippen LogP contribution in [0.3, 0.4) is 0 Å². The lowest BCUT2D eigenvalue weighted by Gasteiger charge is -2.12. The van der Waals surface area contributed by atoms with Crippen molar-refractivity contribution in [2.24, 2.45) is 0 Å². The second kappa shape index (κ2) is 3.23. The van der Waals surface area contributed by atoms with E-state index < -0.39 is 0 Å². The molecule has 0 heterocycles. The zero-order valence-electron chi connectivity index (χ0n) is 9.45. The second-order valence-electron chi connectivity index (χ2n) is 4.45. The van der Waals surface area contributed by atoms with Gasteiger partial charge in [-0.3, -0.25) is 4.79 Å². The van der Waals surface area contributed by atoms with Crippen LogP contribution < -0.4 is 0 Å². The van der Waals surface area contributed by atoms with Crippen LogP contribution in [0.4, 0.5) is 0 Å². The Morgan fingerprint density at radius 3 is 2.71 bits per heavy atom. The normalized spacial score (nSPS) is 14.3. The first kappa shape index (κ1) is 10.1. The van der Waals surface area contributed by atoms with E-state index in [1.807, 2.05) is 13.0 Å². The summed E-state index contributed by atoms with van der Waals surface area (Å²) in [6.45, 7) is 1.93. The SMILES string of the molecule is Cc1c2c(c(O)c3c(O)cccc13)C(=O)CC2. The summed E-state index contributed by atoms with van der Waals surface area (Å²) in [7, 11) is 0. The van der Waals surface area contributed by atoms with Crippen LogP contribution in [0, 0.1) is 6.92 Å². The van der Waals surface area contributed by atoms with E-state index in [0.29, 0.717) is 23.8 Å². The molecule has 0 saturated heterocycles. The molecule has 2 N–H and O–H groups in total. The molecule has 0 spiro atoms. The Bertz CT molecular complexity index is 656. The van der Waals surface area contributed by atoms with Crippen molar-refractivity contribution in [3.05, 3.63) is 34.9 Å². The summed E-state index contributed by atoms with van der Waals surface area (Å²) >= 11 is 0. The van der Waals surface area contributed by atoms with Crippen molar-refractivity contribution in [2.75, 3.05) is 0 Å². The minimum absolute atomic E-state index is 0.0191. The third-order valence-corrected chi connectivity index (χ3v) is 3.56. The van der Waals surface area contributed by atoms with Crippen LogP contribution in [0.5, 0.6) is 11.5 Å². The molecule has 3 rings (SSSR count). The molecule has 0 bridgehead atoms. The average Bonchev–Trinajstić information content (AvgIpc) is 2.68. The fourth-order valence-corrected chi connectivity index (χ4v) is 2.70. The molecular weight excluding hydrogens is 216 g/mol. The van der Waals surface area contributed by atoms with Crippen molar-refractivity contribution in [3.8, 4) is 11.5 Å². The first-order valence-corrected chi connectivity index (χ1v) is 5.60. The lowest BCUT2D eigenvalue weighted by atomic mass is 9.95. The van der Waals surface area contributed by atoms with Gasteiger partial charge in [-0.05, 0) is 35.9 Å². The number of hydrogen-bond donors (Lipinski definition) is 2. The number of aryl methyl sites for hydroxylation is 1. The molecule has 0 radical (unpaired) electrons. The molecule has 2 aromatic carbocycles. The van der Waals surface area contributed by atoms with Gasteiger partial charge >= 0.3 is 0 Å². The van der Waals surface area contributed by atoms with Gasteiger partial charge in [0.1, 0.15) is 11.5 Å². The fraction of sp³-hybridized carbons (Fsp3) is 0.214. The number of aromatic hydroxyl groups is 2. The average molecular weight is 228 g/mol. The Balaban J connectivity index is 2.57. The van der Waals surface area contributed by atoms with E-state index in [1.165, 1.54) is 6.07 Å². The molecule has 1 aliphatic carbocycles. The smallest absolute Gasteiger partial charge is 0.167 e. The second-order valence-corrected chi connectivity index (χ2v) is 4.45. The fourth-order valence-electron chi connectivity index (χ4n) is 2.70. The summed E-state index contributed by atoms with van der Waals surface area (Å²) in [6, 6.07) is 5.12. The molecule has 1 aliphatic rings. The van der Waals surface area contributed by atoms with Crippen molar-refractivity contribution >= 4 is 16.6 Å². The number of fused-ring (bicyclic) bond motifs is 2. The number of phenols is 2. The van der Waals surface area contributed by atoms with E-state index in [-0.39, 0.29) is 17.3 Å². The number of phenolic OH excluding ortho intramolecular Hbond substituents is 2. The van der Waals surface area contributed by atoms with E-state index in [9.17, 15) is 15.0 Å². The van der Waals surface area contributed by atoms with E-state index in [4.69, 9.17) is 0 Å².